The summed E-state index contributed by atoms with van der Waals surface area (Å²) < 4.78 is 6.85. The number of rotatable bonds is 5. The number of carbonyl (C=O) groups is 1. The maximum absolute atomic E-state index is 13.1. The minimum absolute atomic E-state index is 0.189. The summed E-state index contributed by atoms with van der Waals surface area (Å²) in [7, 11) is 1.59. The predicted molar refractivity (Wildman–Crippen MR) is 115 cm³/mol. The van der Waals surface area contributed by atoms with Crippen LogP contribution in [0.3, 0.4) is 0 Å². The standard InChI is InChI=1S/C23H25N3O3/c1-14(2)23(28)24-22-20(17-8-12-19(29-5)13-9-17)21(27)16(4)25-26(22)18-10-6-15(3)7-11-18/h6-14H,1-5H3,(H,24,28). The molecular weight excluding hydrogens is 366 g/mol. The number of nitrogens with zero attached hydrogens (tertiary/aromatic N) is 2. The van der Waals surface area contributed by atoms with E-state index in [1.807, 2.05) is 31.2 Å². The first-order valence-electron chi connectivity index (χ1n) is 9.48. The molecule has 3 aromatic rings. The van der Waals surface area contributed by atoms with E-state index in [0.717, 1.165) is 11.3 Å². The van der Waals surface area contributed by atoms with Crippen molar-refractivity contribution < 1.29 is 9.53 Å². The molecule has 1 heterocycles. The number of amides is 1. The average Bonchev–Trinajstić information content (AvgIpc) is 2.71. The Kier molecular flexibility index (Phi) is 5.82. The molecule has 0 spiro atoms. The van der Waals surface area contributed by atoms with Gasteiger partial charge in [0.25, 0.3) is 0 Å². The van der Waals surface area contributed by atoms with Crippen molar-refractivity contribution in [1.82, 2.24) is 9.78 Å². The second-order valence-electron chi connectivity index (χ2n) is 7.26. The van der Waals surface area contributed by atoms with Crippen molar-refractivity contribution in [3.63, 3.8) is 0 Å². The predicted octanol–water partition coefficient (Wildman–Crippen LogP) is 4.12. The Labute approximate surface area is 170 Å². The molecule has 3 rings (SSSR count). The van der Waals surface area contributed by atoms with Gasteiger partial charge in [-0.1, -0.05) is 43.7 Å². The molecule has 0 aliphatic heterocycles. The Bertz CT molecular complexity index is 1080. The molecule has 1 N–H and O–H groups in total. The van der Waals surface area contributed by atoms with Crippen LogP contribution in [0.25, 0.3) is 16.8 Å². The zero-order valence-electron chi connectivity index (χ0n) is 17.3. The van der Waals surface area contributed by atoms with Gasteiger partial charge >= 0.3 is 0 Å². The molecule has 0 saturated heterocycles. The second-order valence-corrected chi connectivity index (χ2v) is 7.26. The van der Waals surface area contributed by atoms with E-state index in [0.29, 0.717) is 28.4 Å². The van der Waals surface area contributed by atoms with Crippen LogP contribution in [-0.4, -0.2) is 22.8 Å². The van der Waals surface area contributed by atoms with E-state index >= 15 is 0 Å². The molecule has 1 aromatic heterocycles. The smallest absolute Gasteiger partial charge is 0.228 e. The fourth-order valence-corrected chi connectivity index (χ4v) is 2.91. The van der Waals surface area contributed by atoms with Crippen LogP contribution in [0.4, 0.5) is 5.82 Å². The molecule has 6 heteroatoms. The molecule has 0 bridgehead atoms. The topological polar surface area (TPSA) is 73.2 Å². The van der Waals surface area contributed by atoms with Crippen LogP contribution in [0.1, 0.15) is 25.1 Å². The van der Waals surface area contributed by atoms with Gasteiger partial charge < -0.3 is 10.1 Å². The highest BCUT2D eigenvalue weighted by molar-refractivity contribution is 5.95. The summed E-state index contributed by atoms with van der Waals surface area (Å²) >= 11 is 0. The van der Waals surface area contributed by atoms with Crippen LogP contribution in [0.15, 0.2) is 53.3 Å². The minimum atomic E-state index is -0.249. The monoisotopic (exact) mass is 391 g/mol. The molecule has 2 aromatic carbocycles. The number of ether oxygens (including phenoxy) is 1. The zero-order chi connectivity index (χ0) is 21.1. The number of nitrogens with one attached hydrogen (secondary N) is 1. The quantitative estimate of drug-likeness (QED) is 0.710. The maximum atomic E-state index is 13.1. The number of anilines is 1. The van der Waals surface area contributed by atoms with Gasteiger partial charge in [0.15, 0.2) is 0 Å². The van der Waals surface area contributed by atoms with Crippen LogP contribution in [0.5, 0.6) is 5.75 Å². The Morgan fingerprint density at radius 3 is 2.21 bits per heavy atom. The van der Waals surface area contributed by atoms with Gasteiger partial charge in [-0.15, -0.1) is 0 Å². The molecule has 6 nitrogen and oxygen atoms in total. The maximum Gasteiger partial charge on any atom is 0.228 e. The van der Waals surface area contributed by atoms with E-state index in [2.05, 4.69) is 10.4 Å². The lowest BCUT2D eigenvalue weighted by Gasteiger charge is -2.19. The lowest BCUT2D eigenvalue weighted by molar-refractivity contribution is -0.118. The number of benzene rings is 2. The largest absolute Gasteiger partial charge is 0.497 e. The number of hydrogen-bond donors (Lipinski definition) is 1. The highest BCUT2D eigenvalue weighted by Crippen LogP contribution is 2.29. The van der Waals surface area contributed by atoms with E-state index in [1.165, 1.54) is 0 Å². The van der Waals surface area contributed by atoms with Crippen LogP contribution >= 0.6 is 0 Å². The summed E-state index contributed by atoms with van der Waals surface area (Å²) in [4.78, 5) is 25.6. The van der Waals surface area contributed by atoms with E-state index in [1.54, 1.807) is 56.8 Å². The van der Waals surface area contributed by atoms with E-state index in [4.69, 9.17) is 4.74 Å². The van der Waals surface area contributed by atoms with Crippen molar-refractivity contribution in [1.29, 1.82) is 0 Å². The zero-order valence-corrected chi connectivity index (χ0v) is 17.3. The summed E-state index contributed by atoms with van der Waals surface area (Å²) in [5.74, 6) is 0.603. The van der Waals surface area contributed by atoms with Crippen LogP contribution < -0.4 is 15.5 Å². The highest BCUT2D eigenvalue weighted by atomic mass is 16.5. The summed E-state index contributed by atoms with van der Waals surface area (Å²) in [5.41, 5.74) is 3.06. The first-order valence-corrected chi connectivity index (χ1v) is 9.48. The third kappa shape index (κ3) is 4.21. The van der Waals surface area contributed by atoms with E-state index in [9.17, 15) is 9.59 Å². The lowest BCUT2D eigenvalue weighted by Crippen LogP contribution is -2.26. The van der Waals surface area contributed by atoms with Crippen molar-refractivity contribution >= 4 is 11.7 Å². The fraction of sp³-hybridized carbons (Fsp3) is 0.261. The molecule has 0 aliphatic carbocycles. The van der Waals surface area contributed by atoms with Gasteiger partial charge in [-0.2, -0.15) is 5.10 Å². The van der Waals surface area contributed by atoms with Gasteiger partial charge in [0.1, 0.15) is 17.3 Å². The van der Waals surface area contributed by atoms with Crippen LogP contribution in [0.2, 0.25) is 0 Å². The molecule has 0 saturated carbocycles. The van der Waals surface area contributed by atoms with E-state index in [-0.39, 0.29) is 17.3 Å². The SMILES string of the molecule is COc1ccc(-c2c(NC(=O)C(C)C)n(-c3ccc(C)cc3)nc(C)c2=O)cc1. The molecular formula is C23H25N3O3. The number of carbonyl (C=O) groups excluding carboxylic acids is 1. The van der Waals surface area contributed by atoms with Crippen molar-refractivity contribution in [2.24, 2.45) is 5.92 Å². The molecule has 29 heavy (non-hydrogen) atoms. The Morgan fingerprint density at radius 2 is 1.66 bits per heavy atom. The number of aromatic nitrogens is 2. The Balaban J connectivity index is 2.30. The number of methoxy groups -OCH3 is 1. The van der Waals surface area contributed by atoms with Crippen molar-refractivity contribution in [3.05, 3.63) is 70.0 Å². The first kappa shape index (κ1) is 20.3. The number of aryl methyl sites for hydroxylation is 2. The molecule has 0 atom stereocenters. The molecule has 0 fully saturated rings. The normalized spacial score (nSPS) is 10.8. The van der Waals surface area contributed by atoms with Crippen molar-refractivity contribution in [2.75, 3.05) is 12.4 Å². The Morgan fingerprint density at radius 1 is 1.03 bits per heavy atom. The number of hydrogen-bond acceptors (Lipinski definition) is 4. The van der Waals surface area contributed by atoms with Crippen LogP contribution in [0, 0.1) is 19.8 Å². The van der Waals surface area contributed by atoms with Gasteiger partial charge in [-0.25, -0.2) is 4.68 Å². The van der Waals surface area contributed by atoms with Crippen molar-refractivity contribution in [3.8, 4) is 22.6 Å². The fourth-order valence-electron chi connectivity index (χ4n) is 2.91. The lowest BCUT2D eigenvalue weighted by atomic mass is 10.0. The summed E-state index contributed by atoms with van der Waals surface area (Å²) in [5, 5.41) is 7.39. The van der Waals surface area contributed by atoms with Gasteiger partial charge in [0.05, 0.1) is 18.4 Å². The van der Waals surface area contributed by atoms with Gasteiger partial charge in [-0.05, 0) is 43.7 Å². The molecule has 1 amide bonds. The second kappa shape index (κ2) is 8.31. The van der Waals surface area contributed by atoms with Gasteiger partial charge in [0.2, 0.25) is 11.3 Å². The molecule has 0 aliphatic rings. The Hall–Kier alpha value is -3.41. The molecule has 0 radical (unpaired) electrons. The average molecular weight is 391 g/mol. The van der Waals surface area contributed by atoms with Crippen LogP contribution in [-0.2, 0) is 4.79 Å². The third-order valence-electron chi connectivity index (χ3n) is 4.68. The van der Waals surface area contributed by atoms with Gasteiger partial charge in [-0.3, -0.25) is 9.59 Å². The minimum Gasteiger partial charge on any atom is -0.497 e. The molecule has 150 valence electrons. The van der Waals surface area contributed by atoms with Crippen molar-refractivity contribution in [2.45, 2.75) is 27.7 Å². The van der Waals surface area contributed by atoms with Gasteiger partial charge in [0, 0.05) is 5.92 Å². The van der Waals surface area contributed by atoms with E-state index < -0.39 is 0 Å². The summed E-state index contributed by atoms with van der Waals surface area (Å²) in [6.45, 7) is 7.28. The summed E-state index contributed by atoms with van der Waals surface area (Å²) in [6, 6.07) is 14.9. The first-order chi connectivity index (χ1) is 13.8. The molecule has 0 unspecified atom stereocenters. The highest BCUT2D eigenvalue weighted by Gasteiger charge is 2.21. The summed E-state index contributed by atoms with van der Waals surface area (Å²) in [6.07, 6.45) is 0. The third-order valence-corrected chi connectivity index (χ3v) is 4.68.